The Morgan fingerprint density at radius 2 is 0.576 bits per heavy atom. The summed E-state index contributed by atoms with van der Waals surface area (Å²) in [5.74, 6) is 3.95. The van der Waals surface area contributed by atoms with E-state index < -0.39 is 0 Å². The molecule has 2 N–H and O–H groups in total. The molecule has 0 bridgehead atoms. The van der Waals surface area contributed by atoms with Crippen LogP contribution in [0.25, 0.3) is 167 Å². The van der Waals surface area contributed by atoms with Crippen LogP contribution in [0.4, 0.5) is 0 Å². The topological polar surface area (TPSA) is 78.0 Å². The maximum absolute atomic E-state index is 5.80. The average molecular weight is 1280 g/mol. The van der Waals surface area contributed by atoms with Gasteiger partial charge in [-0.05, 0) is 262 Å². The Balaban J connectivity index is 0.859. The van der Waals surface area contributed by atoms with E-state index in [2.05, 4.69) is 348 Å². The zero-order chi connectivity index (χ0) is 67.3. The predicted molar refractivity (Wildman–Crippen MR) is 411 cm³/mol. The lowest BCUT2D eigenvalue weighted by molar-refractivity contribution is -0.555. The van der Waals surface area contributed by atoms with Crippen LogP contribution in [0.5, 0.6) is 0 Å². The average Bonchev–Trinajstić information content (AvgIpc) is 1.49. The molecular formula is C92H73N7+2. The van der Waals surface area contributed by atoms with Crippen molar-refractivity contribution in [3.63, 3.8) is 0 Å². The van der Waals surface area contributed by atoms with E-state index in [4.69, 9.17) is 15.0 Å². The Morgan fingerprint density at radius 3 is 1.01 bits per heavy atom. The summed E-state index contributed by atoms with van der Waals surface area (Å²) in [6.07, 6.45) is 0. The largest absolute Gasteiger partial charge is 0.292 e. The standard InChI is InChI=1S/C92H71N7/c1-54-51-57(4)83(60(7)80(54)64-43-47-66(48-44-64)91-93-76-39-22-24-41-78(76)98(91)68-29-12-10-13-30-68)88-95-89(84-58(5)52-55(2)81(61(84)8)65-45-49-67(50-46-65)92-94-77-40-23-25-42-79(77)99(92)69-31-14-11-15-32-69)97-90(96-88)85-59(6)53-56(3)82(62(85)9)87-74-36-20-18-34-72(74)86(73-35-19-21-37-75(73)87)71-38-26-28-63-27-16-17-33-70(63)71/h10-53H,1-9H3/p+2. The van der Waals surface area contributed by atoms with Gasteiger partial charge in [-0.3, -0.25) is 0 Å². The molecule has 3 aromatic heterocycles. The second-order valence-corrected chi connectivity index (χ2v) is 26.8. The van der Waals surface area contributed by atoms with Gasteiger partial charge in [-0.25, -0.2) is 24.9 Å². The Hall–Kier alpha value is -12.2. The van der Waals surface area contributed by atoms with Gasteiger partial charge in [0.15, 0.2) is 39.5 Å². The van der Waals surface area contributed by atoms with Gasteiger partial charge in [-0.15, -0.1) is 0 Å². The van der Waals surface area contributed by atoms with Crippen molar-refractivity contribution in [3.05, 3.63) is 317 Å². The summed E-state index contributed by atoms with van der Waals surface area (Å²) in [4.78, 5) is 24.9. The number of aromatic nitrogens is 7. The number of H-pyrrole nitrogens is 2. The molecule has 7 nitrogen and oxygen atoms in total. The van der Waals surface area contributed by atoms with Crippen LogP contribution in [0, 0.1) is 62.3 Å². The highest BCUT2D eigenvalue weighted by molar-refractivity contribution is 6.24. The Kier molecular flexibility index (Phi) is 14.8. The summed E-state index contributed by atoms with van der Waals surface area (Å²) < 4.78 is 4.63. The first kappa shape index (κ1) is 60.5. The molecule has 0 saturated heterocycles. The number of nitrogens with one attached hydrogen (secondary N) is 2. The molecule has 0 aliphatic rings. The van der Waals surface area contributed by atoms with Crippen molar-refractivity contribution in [2.75, 3.05) is 0 Å². The van der Waals surface area contributed by atoms with E-state index in [1.54, 1.807) is 0 Å². The third kappa shape index (κ3) is 10.1. The van der Waals surface area contributed by atoms with Crippen LogP contribution in [0.15, 0.2) is 267 Å². The van der Waals surface area contributed by atoms with Crippen LogP contribution in [-0.2, 0) is 0 Å². The van der Waals surface area contributed by atoms with Gasteiger partial charge in [0.2, 0.25) is 0 Å². The fourth-order valence-corrected chi connectivity index (χ4v) is 16.5. The molecule has 0 saturated carbocycles. The van der Waals surface area contributed by atoms with Gasteiger partial charge in [0.1, 0.15) is 11.4 Å². The first-order chi connectivity index (χ1) is 48.4. The van der Waals surface area contributed by atoms with Crippen molar-refractivity contribution in [2.24, 2.45) is 0 Å². The molecule has 474 valence electrons. The van der Waals surface area contributed by atoms with Crippen molar-refractivity contribution < 1.29 is 9.13 Å². The molecule has 0 aliphatic carbocycles. The molecule has 0 spiro atoms. The van der Waals surface area contributed by atoms with E-state index in [0.29, 0.717) is 17.5 Å². The lowest BCUT2D eigenvalue weighted by atomic mass is 9.81. The van der Waals surface area contributed by atoms with E-state index in [1.165, 1.54) is 71.3 Å². The minimum atomic E-state index is 0.636. The molecular weight excluding hydrogens is 1200 g/mol. The molecule has 0 fully saturated rings. The third-order valence-corrected chi connectivity index (χ3v) is 20.6. The fraction of sp³-hybridized carbons (Fsp3) is 0.0978. The quantitative estimate of drug-likeness (QED) is 0.100. The van der Waals surface area contributed by atoms with E-state index in [-0.39, 0.29) is 0 Å². The Morgan fingerprint density at radius 1 is 0.253 bits per heavy atom. The predicted octanol–water partition coefficient (Wildman–Crippen LogP) is 22.6. The Labute approximate surface area is 577 Å². The number of imidazole rings is 2. The maximum Gasteiger partial charge on any atom is 0.292 e. The number of aryl methyl sites for hydroxylation is 6. The van der Waals surface area contributed by atoms with Gasteiger partial charge in [-0.1, -0.05) is 194 Å². The van der Waals surface area contributed by atoms with E-state index >= 15 is 0 Å². The molecule has 0 amide bonds. The van der Waals surface area contributed by atoms with E-state index in [9.17, 15) is 0 Å². The molecule has 17 rings (SSSR count). The first-order valence-electron chi connectivity index (χ1n) is 34.3. The van der Waals surface area contributed by atoms with Crippen LogP contribution in [0.1, 0.15) is 50.1 Å². The number of aromatic amines is 2. The second kappa shape index (κ2) is 24.2. The van der Waals surface area contributed by atoms with Gasteiger partial charge in [0.05, 0.1) is 11.1 Å². The number of hydrogen-bond acceptors (Lipinski definition) is 3. The Bertz CT molecular complexity index is 5810. The number of benzene rings is 14. The summed E-state index contributed by atoms with van der Waals surface area (Å²) in [5.41, 5.74) is 31.3. The summed E-state index contributed by atoms with van der Waals surface area (Å²) >= 11 is 0. The summed E-state index contributed by atoms with van der Waals surface area (Å²) in [7, 11) is 0. The first-order valence-corrected chi connectivity index (χ1v) is 34.3. The summed E-state index contributed by atoms with van der Waals surface area (Å²) in [6, 6.07) is 96.7. The van der Waals surface area contributed by atoms with Crippen LogP contribution < -0.4 is 9.13 Å². The van der Waals surface area contributed by atoms with Crippen molar-refractivity contribution >= 4 is 54.4 Å². The molecule has 0 aliphatic heterocycles. The van der Waals surface area contributed by atoms with E-state index in [1.807, 2.05) is 0 Å². The van der Waals surface area contributed by atoms with Crippen LogP contribution in [-0.4, -0.2) is 24.9 Å². The number of fused-ring (bicyclic) bond motifs is 5. The molecule has 7 heteroatoms. The van der Waals surface area contributed by atoms with Crippen LogP contribution in [0.3, 0.4) is 0 Å². The highest BCUT2D eigenvalue weighted by atomic mass is 15.1. The second-order valence-electron chi connectivity index (χ2n) is 26.8. The molecule has 99 heavy (non-hydrogen) atoms. The highest BCUT2D eigenvalue weighted by Crippen LogP contribution is 2.49. The number of nitrogens with zero attached hydrogens (tertiary/aromatic N) is 5. The molecule has 14 aromatic carbocycles. The molecule has 17 aromatic rings. The molecule has 0 radical (unpaired) electrons. The normalized spacial score (nSPS) is 11.7. The molecule has 0 unspecified atom stereocenters. The van der Waals surface area contributed by atoms with Crippen molar-refractivity contribution in [1.82, 2.24) is 24.9 Å². The molecule has 0 atom stereocenters. The maximum atomic E-state index is 5.80. The van der Waals surface area contributed by atoms with Gasteiger partial charge in [-0.2, -0.15) is 9.13 Å². The summed E-state index contributed by atoms with van der Waals surface area (Å²) in [5, 5.41) is 7.27. The zero-order valence-electron chi connectivity index (χ0n) is 57.1. The van der Waals surface area contributed by atoms with Gasteiger partial charge in [0.25, 0.3) is 11.6 Å². The minimum absolute atomic E-state index is 0.636. The summed E-state index contributed by atoms with van der Waals surface area (Å²) in [6.45, 7) is 20.2. The van der Waals surface area contributed by atoms with Gasteiger partial charge in [0, 0.05) is 16.7 Å². The minimum Gasteiger partial charge on any atom is -0.236 e. The van der Waals surface area contributed by atoms with Gasteiger partial charge >= 0.3 is 0 Å². The highest BCUT2D eigenvalue weighted by Gasteiger charge is 2.29. The number of para-hydroxylation sites is 6. The lowest BCUT2D eigenvalue weighted by Crippen LogP contribution is -2.31. The smallest absolute Gasteiger partial charge is 0.236 e. The van der Waals surface area contributed by atoms with Crippen LogP contribution >= 0.6 is 0 Å². The number of hydrogen-bond donors (Lipinski definition) is 2. The fourth-order valence-electron chi connectivity index (χ4n) is 16.5. The van der Waals surface area contributed by atoms with Crippen molar-refractivity contribution in [3.8, 4) is 113 Å². The monoisotopic (exact) mass is 1280 g/mol. The lowest BCUT2D eigenvalue weighted by Gasteiger charge is -2.23. The number of rotatable bonds is 11. The van der Waals surface area contributed by atoms with Crippen molar-refractivity contribution in [1.29, 1.82) is 0 Å². The van der Waals surface area contributed by atoms with Crippen molar-refractivity contribution in [2.45, 2.75) is 62.3 Å². The third-order valence-electron chi connectivity index (χ3n) is 20.6. The van der Waals surface area contributed by atoms with Gasteiger partial charge < -0.3 is 0 Å². The zero-order valence-corrected chi connectivity index (χ0v) is 57.1. The molecule has 3 heterocycles. The SMILES string of the molecule is Cc1cc(C)c(-c2nc(-c3c(C)cc(C)c(-c4ccc(-c5[nH]c6ccccc6[n+]5-c5ccccc5)cc4)c3C)nc(-c3c(C)cc(C)c(-c4c5ccccc5c(-c5cccc6ccccc56)c5ccccc45)c3C)n2)c(C)c1-c1ccc(-c2[nH]c3ccccc3[n+]2-c2ccccc2)cc1. The van der Waals surface area contributed by atoms with Crippen LogP contribution in [0.2, 0.25) is 0 Å². The van der Waals surface area contributed by atoms with E-state index in [0.717, 1.165) is 129 Å².